The highest BCUT2D eigenvalue weighted by Gasteiger charge is 2.31. The van der Waals surface area contributed by atoms with E-state index in [0.717, 1.165) is 0 Å². The Bertz CT molecular complexity index is 326. The summed E-state index contributed by atoms with van der Waals surface area (Å²) in [5.41, 5.74) is 0.0432. The van der Waals surface area contributed by atoms with Crippen LogP contribution in [-0.4, -0.2) is 41.6 Å². The second-order valence-electron chi connectivity index (χ2n) is 6.07. The van der Waals surface area contributed by atoms with Crippen molar-refractivity contribution in [3.05, 3.63) is 0 Å². The van der Waals surface area contributed by atoms with Crippen LogP contribution in [0.1, 0.15) is 34.1 Å². The fourth-order valence-electron chi connectivity index (χ4n) is 1.77. The largest absolute Gasteiger partial charge is 0.481 e. The number of nitrogens with zero attached hydrogens (tertiary/aromatic N) is 1. The lowest BCUT2D eigenvalue weighted by Crippen LogP contribution is -2.44. The molecule has 0 radical (unpaired) electrons. The highest BCUT2D eigenvalue weighted by atomic mass is 16.4. The van der Waals surface area contributed by atoms with E-state index >= 15 is 0 Å². The molecule has 2 amide bonds. The van der Waals surface area contributed by atoms with Crippen LogP contribution in [0.25, 0.3) is 0 Å². The van der Waals surface area contributed by atoms with E-state index in [4.69, 9.17) is 5.11 Å². The van der Waals surface area contributed by atoms with Gasteiger partial charge in [-0.3, -0.25) is 4.79 Å². The van der Waals surface area contributed by atoms with Crippen molar-refractivity contribution in [3.63, 3.8) is 0 Å². The molecule has 1 saturated heterocycles. The number of likely N-dealkylation sites (tertiary alicyclic amines) is 1. The number of rotatable bonds is 4. The highest BCUT2D eigenvalue weighted by Crippen LogP contribution is 2.25. The van der Waals surface area contributed by atoms with Gasteiger partial charge in [0, 0.05) is 19.6 Å². The predicted molar refractivity (Wildman–Crippen MR) is 69.3 cm³/mol. The van der Waals surface area contributed by atoms with Gasteiger partial charge in [0.2, 0.25) is 0 Å². The number of urea groups is 1. The lowest BCUT2D eigenvalue weighted by molar-refractivity contribution is -0.141. The number of carboxylic acid groups (broad SMARTS) is 1. The fraction of sp³-hybridized carbons (Fsp3) is 0.846. The number of carbonyl (C=O) groups is 2. The molecule has 5 heteroatoms. The molecule has 0 aliphatic carbocycles. The Hall–Kier alpha value is -1.26. The summed E-state index contributed by atoms with van der Waals surface area (Å²) in [6, 6.07) is -0.146. The minimum absolute atomic E-state index is 0.0432. The highest BCUT2D eigenvalue weighted by molar-refractivity contribution is 5.77. The maximum Gasteiger partial charge on any atom is 0.317 e. The normalized spacial score (nSPS) is 20.3. The molecule has 0 aromatic rings. The Morgan fingerprint density at radius 3 is 2.50 bits per heavy atom. The maximum absolute atomic E-state index is 11.9. The van der Waals surface area contributed by atoms with Crippen LogP contribution in [0.4, 0.5) is 4.79 Å². The van der Waals surface area contributed by atoms with Crippen molar-refractivity contribution in [2.45, 2.75) is 34.1 Å². The van der Waals surface area contributed by atoms with Crippen molar-refractivity contribution >= 4 is 12.0 Å². The minimum atomic E-state index is -0.812. The van der Waals surface area contributed by atoms with Crippen LogP contribution in [0.2, 0.25) is 0 Å². The van der Waals surface area contributed by atoms with E-state index in [-0.39, 0.29) is 11.4 Å². The third kappa shape index (κ3) is 3.62. The topological polar surface area (TPSA) is 69.6 Å². The smallest absolute Gasteiger partial charge is 0.317 e. The van der Waals surface area contributed by atoms with Crippen LogP contribution in [-0.2, 0) is 4.79 Å². The number of amides is 2. The molecule has 1 aliphatic heterocycles. The zero-order chi connectivity index (χ0) is 13.9. The predicted octanol–water partition coefficient (Wildman–Crippen LogP) is 1.78. The van der Waals surface area contributed by atoms with Gasteiger partial charge < -0.3 is 15.3 Å². The van der Waals surface area contributed by atoms with E-state index in [9.17, 15) is 9.59 Å². The third-order valence-corrected chi connectivity index (χ3v) is 4.08. The Morgan fingerprint density at radius 1 is 1.44 bits per heavy atom. The Balaban J connectivity index is 2.41. The molecule has 104 valence electrons. The zero-order valence-electron chi connectivity index (χ0n) is 11.7. The van der Waals surface area contributed by atoms with Crippen molar-refractivity contribution in [1.82, 2.24) is 10.2 Å². The molecule has 1 unspecified atom stereocenters. The molecule has 0 aromatic heterocycles. The van der Waals surface area contributed by atoms with E-state index in [1.54, 1.807) is 4.90 Å². The van der Waals surface area contributed by atoms with E-state index in [1.807, 2.05) is 0 Å². The number of carbonyl (C=O) groups excluding carboxylic acids is 1. The summed E-state index contributed by atoms with van der Waals surface area (Å²) < 4.78 is 0. The lowest BCUT2D eigenvalue weighted by Gasteiger charge is -2.30. The van der Waals surface area contributed by atoms with Crippen LogP contribution < -0.4 is 5.32 Å². The number of hydrogen-bond donors (Lipinski definition) is 2. The van der Waals surface area contributed by atoms with Crippen molar-refractivity contribution in [2.75, 3.05) is 19.6 Å². The molecule has 1 fully saturated rings. The molecule has 0 aromatic carbocycles. The third-order valence-electron chi connectivity index (χ3n) is 4.08. The first kappa shape index (κ1) is 14.8. The summed E-state index contributed by atoms with van der Waals surface area (Å²) in [6.45, 7) is 9.95. The summed E-state index contributed by atoms with van der Waals surface area (Å²) in [4.78, 5) is 24.3. The summed E-state index contributed by atoms with van der Waals surface area (Å²) in [5.74, 6) is -0.746. The first-order valence-electron chi connectivity index (χ1n) is 6.49. The van der Waals surface area contributed by atoms with Crippen LogP contribution >= 0.6 is 0 Å². The monoisotopic (exact) mass is 256 g/mol. The van der Waals surface area contributed by atoms with Crippen molar-refractivity contribution < 1.29 is 14.7 Å². The summed E-state index contributed by atoms with van der Waals surface area (Å²) in [6.07, 6.45) is 0.552. The van der Waals surface area contributed by atoms with E-state index < -0.39 is 11.9 Å². The van der Waals surface area contributed by atoms with Crippen LogP contribution in [0.5, 0.6) is 0 Å². The van der Waals surface area contributed by atoms with Gasteiger partial charge in [0.05, 0.1) is 5.92 Å². The van der Waals surface area contributed by atoms with Gasteiger partial charge >= 0.3 is 12.0 Å². The second-order valence-corrected chi connectivity index (χ2v) is 6.07. The summed E-state index contributed by atoms with van der Waals surface area (Å²) in [5, 5.41) is 11.8. The van der Waals surface area contributed by atoms with Gasteiger partial charge in [0.1, 0.15) is 0 Å². The van der Waals surface area contributed by atoms with E-state index in [1.165, 1.54) is 0 Å². The molecule has 18 heavy (non-hydrogen) atoms. The SMILES string of the molecule is CC(C)C(C)(C)CNC(=O)N1CCC(C(=O)O)C1. The molecular weight excluding hydrogens is 232 g/mol. The second kappa shape index (κ2) is 5.59. The van der Waals surface area contributed by atoms with Crippen LogP contribution in [0.3, 0.4) is 0 Å². The fourth-order valence-corrected chi connectivity index (χ4v) is 1.77. The molecule has 1 rings (SSSR count). The standard InChI is InChI=1S/C13H24N2O3/c1-9(2)13(3,4)8-14-12(18)15-6-5-10(7-15)11(16)17/h9-10H,5-8H2,1-4H3,(H,14,18)(H,16,17). The van der Waals surface area contributed by atoms with Gasteiger partial charge in [0.25, 0.3) is 0 Å². The van der Waals surface area contributed by atoms with Crippen molar-refractivity contribution in [2.24, 2.45) is 17.3 Å². The van der Waals surface area contributed by atoms with Crippen LogP contribution in [0.15, 0.2) is 0 Å². The molecule has 2 N–H and O–H groups in total. The van der Waals surface area contributed by atoms with Gasteiger partial charge in [-0.15, -0.1) is 0 Å². The molecule has 1 heterocycles. The molecular formula is C13H24N2O3. The van der Waals surface area contributed by atoms with Gasteiger partial charge in [-0.2, -0.15) is 0 Å². The van der Waals surface area contributed by atoms with E-state index in [0.29, 0.717) is 32.0 Å². The maximum atomic E-state index is 11.9. The van der Waals surface area contributed by atoms with E-state index in [2.05, 4.69) is 33.0 Å². The Morgan fingerprint density at radius 2 is 2.06 bits per heavy atom. The number of nitrogens with one attached hydrogen (secondary N) is 1. The van der Waals surface area contributed by atoms with Gasteiger partial charge in [0.15, 0.2) is 0 Å². The van der Waals surface area contributed by atoms with Crippen molar-refractivity contribution in [3.8, 4) is 0 Å². The average molecular weight is 256 g/mol. The minimum Gasteiger partial charge on any atom is -0.481 e. The lowest BCUT2D eigenvalue weighted by atomic mass is 9.81. The Labute approximate surface area is 109 Å². The van der Waals surface area contributed by atoms with Gasteiger partial charge in [-0.1, -0.05) is 27.7 Å². The molecule has 1 aliphatic rings. The first-order valence-corrected chi connectivity index (χ1v) is 6.49. The molecule has 0 bridgehead atoms. The molecule has 0 saturated carbocycles. The quantitative estimate of drug-likeness (QED) is 0.805. The van der Waals surface area contributed by atoms with Gasteiger partial charge in [-0.05, 0) is 17.8 Å². The summed E-state index contributed by atoms with van der Waals surface area (Å²) in [7, 11) is 0. The number of carboxylic acids is 1. The van der Waals surface area contributed by atoms with Crippen LogP contribution in [0, 0.1) is 17.3 Å². The summed E-state index contributed by atoms with van der Waals surface area (Å²) >= 11 is 0. The van der Waals surface area contributed by atoms with Gasteiger partial charge in [-0.25, -0.2) is 4.79 Å². The Kier molecular flexibility index (Phi) is 4.59. The van der Waals surface area contributed by atoms with Crippen molar-refractivity contribution in [1.29, 1.82) is 0 Å². The molecule has 0 spiro atoms. The zero-order valence-corrected chi connectivity index (χ0v) is 11.7. The number of aliphatic carboxylic acids is 1. The average Bonchev–Trinajstić information content (AvgIpc) is 2.75. The first-order chi connectivity index (χ1) is 8.24. The molecule has 5 nitrogen and oxygen atoms in total. The number of hydrogen-bond acceptors (Lipinski definition) is 2. The molecule has 1 atom stereocenters.